The van der Waals surface area contributed by atoms with Crippen LogP contribution in [-0.4, -0.2) is 88.5 Å². The third-order valence-electron chi connectivity index (χ3n) is 10.3. The highest BCUT2D eigenvalue weighted by molar-refractivity contribution is 6.39. The van der Waals surface area contributed by atoms with E-state index < -0.39 is 35.4 Å². The van der Waals surface area contributed by atoms with Crippen LogP contribution in [-0.2, 0) is 28.7 Å². The maximum absolute atomic E-state index is 12.8. The largest absolute Gasteiger partial charge is 0.480 e. The first-order valence-corrected chi connectivity index (χ1v) is 18.2. The highest BCUT2D eigenvalue weighted by Crippen LogP contribution is 2.29. The third kappa shape index (κ3) is 14.2. The number of amides is 1. The van der Waals surface area contributed by atoms with Crippen molar-refractivity contribution in [1.82, 2.24) is 4.90 Å². The molecule has 10 nitrogen and oxygen atoms in total. The lowest BCUT2D eigenvalue weighted by atomic mass is 9.85. The Hall–Kier alpha value is -2.40. The van der Waals surface area contributed by atoms with Crippen molar-refractivity contribution in [3.05, 3.63) is 23.3 Å². The van der Waals surface area contributed by atoms with Crippen LogP contribution >= 0.6 is 0 Å². The van der Waals surface area contributed by atoms with E-state index in [0.717, 1.165) is 56.3 Å². The second kappa shape index (κ2) is 21.6. The number of allylic oxidation sites excluding steroid dienone is 4. The Bertz CT molecular complexity index is 1100. The Labute approximate surface area is 288 Å². The molecule has 1 aliphatic heterocycles. The number of piperidine rings is 1. The van der Waals surface area contributed by atoms with Gasteiger partial charge < -0.3 is 29.7 Å². The van der Waals surface area contributed by atoms with Crippen molar-refractivity contribution in [3.63, 3.8) is 0 Å². The molecule has 1 aliphatic carbocycles. The topological polar surface area (TPSA) is 151 Å². The minimum absolute atomic E-state index is 0.0898. The van der Waals surface area contributed by atoms with Gasteiger partial charge in [-0.1, -0.05) is 49.5 Å². The number of carboxylic acid groups (broad SMARTS) is 1. The molecule has 0 aromatic heterocycles. The van der Waals surface area contributed by atoms with Crippen LogP contribution in [0.1, 0.15) is 136 Å². The zero-order valence-electron chi connectivity index (χ0n) is 30.2. The molecule has 2 fully saturated rings. The number of rotatable bonds is 22. The molecule has 0 bridgehead atoms. The van der Waals surface area contributed by atoms with Crippen molar-refractivity contribution in [3.8, 4) is 0 Å². The number of likely N-dealkylation sites (tertiary alicyclic amines) is 1. The summed E-state index contributed by atoms with van der Waals surface area (Å²) in [5, 5.41) is 30.7. The van der Waals surface area contributed by atoms with Crippen LogP contribution in [0.5, 0.6) is 0 Å². The van der Waals surface area contributed by atoms with Crippen LogP contribution < -0.4 is 0 Å². The molecule has 1 saturated heterocycles. The SMILES string of the molecule is CO[C@H](CCCCC/C(C)=C/CC(=O)CCCC/C(C)=C/[C@@H]1CCC[C@H](OC)C1)C[C@@H](C)C(O)(O)C(=O)C(=O)N1CCCC[C@H]1C(=O)O. The molecule has 3 N–H and O–H groups in total. The van der Waals surface area contributed by atoms with Gasteiger partial charge in [0.2, 0.25) is 5.79 Å². The van der Waals surface area contributed by atoms with E-state index in [1.165, 1.54) is 44.4 Å². The molecule has 2 aliphatic rings. The lowest BCUT2D eigenvalue weighted by Gasteiger charge is -2.35. The summed E-state index contributed by atoms with van der Waals surface area (Å²) in [6, 6.07) is -1.14. The standard InChI is InChI=1S/C38H63NO9/c1-27(21-22-31(40)17-10-9-15-28(2)24-30-16-13-19-33(26-30)48-5)14-7-6-8-18-32(47-4)25-29(3)38(45,46)35(41)36(42)39-23-12-11-20-34(39)37(43)44/h21,24,29-30,32-34,45-46H,6-20,22-23,25-26H2,1-5H3,(H,43,44)/b27-21+,28-24+/t29-,30+,32-,33+,34+/m1/s1. The summed E-state index contributed by atoms with van der Waals surface area (Å²) in [7, 11) is 3.34. The summed E-state index contributed by atoms with van der Waals surface area (Å²) in [6.45, 7) is 5.83. The molecule has 0 radical (unpaired) electrons. The van der Waals surface area contributed by atoms with Crippen molar-refractivity contribution >= 4 is 23.4 Å². The number of aliphatic hydroxyl groups is 2. The molecule has 1 heterocycles. The van der Waals surface area contributed by atoms with Gasteiger partial charge in [-0.05, 0) is 103 Å². The van der Waals surface area contributed by atoms with Crippen LogP contribution in [0, 0.1) is 11.8 Å². The fourth-order valence-corrected chi connectivity index (χ4v) is 7.04. The number of nitrogens with zero attached hydrogens (tertiary/aromatic N) is 1. The molecule has 2 rings (SSSR count). The first-order chi connectivity index (χ1) is 22.8. The lowest BCUT2D eigenvalue weighted by Crippen LogP contribution is -2.57. The second-order valence-corrected chi connectivity index (χ2v) is 14.3. The van der Waals surface area contributed by atoms with E-state index in [1.54, 1.807) is 7.11 Å². The summed E-state index contributed by atoms with van der Waals surface area (Å²) < 4.78 is 11.1. The zero-order chi connectivity index (χ0) is 35.7. The average molecular weight is 678 g/mol. The van der Waals surface area contributed by atoms with Crippen molar-refractivity contribution in [2.24, 2.45) is 11.8 Å². The number of aliphatic carboxylic acids is 1. The van der Waals surface area contributed by atoms with Gasteiger partial charge in [0.25, 0.3) is 11.7 Å². The smallest absolute Gasteiger partial charge is 0.326 e. The number of carbonyl (C=O) groups is 4. The number of carboxylic acids is 1. The Kier molecular flexibility index (Phi) is 18.8. The predicted molar refractivity (Wildman–Crippen MR) is 185 cm³/mol. The van der Waals surface area contributed by atoms with Crippen molar-refractivity contribution in [2.45, 2.75) is 160 Å². The minimum atomic E-state index is -2.92. The number of hydrogen-bond acceptors (Lipinski definition) is 8. The summed E-state index contributed by atoms with van der Waals surface area (Å²) in [5.74, 6) is -6.81. The zero-order valence-corrected chi connectivity index (χ0v) is 30.2. The van der Waals surface area contributed by atoms with Crippen LogP contribution in [0.25, 0.3) is 0 Å². The van der Waals surface area contributed by atoms with Gasteiger partial charge in [-0.2, -0.15) is 0 Å². The molecule has 0 unspecified atom stereocenters. The van der Waals surface area contributed by atoms with Crippen LogP contribution in [0.2, 0.25) is 0 Å². The van der Waals surface area contributed by atoms with Gasteiger partial charge in [0.05, 0.1) is 12.2 Å². The average Bonchev–Trinajstić information content (AvgIpc) is 3.07. The Balaban J connectivity index is 1.64. The van der Waals surface area contributed by atoms with E-state index in [1.807, 2.05) is 6.08 Å². The van der Waals surface area contributed by atoms with Crippen molar-refractivity contribution in [1.29, 1.82) is 0 Å². The fraction of sp³-hybridized carbons (Fsp3) is 0.789. The van der Waals surface area contributed by atoms with Gasteiger partial charge >= 0.3 is 5.97 Å². The predicted octanol–water partition coefficient (Wildman–Crippen LogP) is 6.31. The Morgan fingerprint density at radius 3 is 2.27 bits per heavy atom. The highest BCUT2D eigenvalue weighted by Gasteiger charge is 2.47. The van der Waals surface area contributed by atoms with Gasteiger partial charge in [0.1, 0.15) is 11.8 Å². The minimum Gasteiger partial charge on any atom is -0.480 e. The molecule has 1 amide bonds. The normalized spacial score (nSPS) is 22.3. The summed E-state index contributed by atoms with van der Waals surface area (Å²) >= 11 is 0. The van der Waals surface area contributed by atoms with Crippen LogP contribution in [0.15, 0.2) is 23.3 Å². The molecule has 5 atom stereocenters. The van der Waals surface area contributed by atoms with Crippen LogP contribution in [0.3, 0.4) is 0 Å². The number of ether oxygens (including phenoxy) is 2. The lowest BCUT2D eigenvalue weighted by molar-refractivity contribution is -0.207. The molecule has 0 aromatic rings. The number of hydrogen-bond donors (Lipinski definition) is 3. The van der Waals surface area contributed by atoms with Gasteiger partial charge in [-0.25, -0.2) is 4.79 Å². The summed E-state index contributed by atoms with van der Waals surface area (Å²) in [6.07, 6.45) is 19.2. The first kappa shape index (κ1) is 41.8. The number of unbranched alkanes of at least 4 members (excludes halogenated alkanes) is 3. The van der Waals surface area contributed by atoms with E-state index in [0.29, 0.717) is 44.1 Å². The van der Waals surface area contributed by atoms with Gasteiger partial charge in [0, 0.05) is 39.5 Å². The number of methoxy groups -OCH3 is 2. The highest BCUT2D eigenvalue weighted by atomic mass is 16.5. The Morgan fingerprint density at radius 2 is 1.58 bits per heavy atom. The molecule has 274 valence electrons. The molecule has 1 saturated carbocycles. The fourth-order valence-electron chi connectivity index (χ4n) is 7.04. The van der Waals surface area contributed by atoms with Crippen LogP contribution in [0.4, 0.5) is 0 Å². The number of Topliss-reactive ketones (excluding diaryl/α,β-unsaturated/α-hetero) is 2. The maximum atomic E-state index is 12.8. The molecule has 0 spiro atoms. The quantitative estimate of drug-likeness (QED) is 0.0518. The Morgan fingerprint density at radius 1 is 0.896 bits per heavy atom. The number of ketones is 2. The number of carbonyl (C=O) groups excluding carboxylic acids is 3. The molecule has 48 heavy (non-hydrogen) atoms. The van der Waals surface area contributed by atoms with E-state index >= 15 is 0 Å². The monoisotopic (exact) mass is 677 g/mol. The molecule has 10 heteroatoms. The van der Waals surface area contributed by atoms with Crippen molar-refractivity contribution in [2.75, 3.05) is 20.8 Å². The van der Waals surface area contributed by atoms with E-state index in [9.17, 15) is 34.5 Å². The second-order valence-electron chi connectivity index (χ2n) is 14.3. The molecule has 0 aromatic carbocycles. The third-order valence-corrected chi connectivity index (χ3v) is 10.3. The summed E-state index contributed by atoms with van der Waals surface area (Å²) in [5.41, 5.74) is 2.63. The van der Waals surface area contributed by atoms with Gasteiger partial charge in [-0.3, -0.25) is 14.4 Å². The first-order valence-electron chi connectivity index (χ1n) is 18.2. The van der Waals surface area contributed by atoms with E-state index in [2.05, 4.69) is 19.9 Å². The van der Waals surface area contributed by atoms with Gasteiger partial charge in [0.15, 0.2) is 0 Å². The molecular formula is C38H63NO9. The van der Waals surface area contributed by atoms with Crippen molar-refractivity contribution < 1.29 is 44.0 Å². The van der Waals surface area contributed by atoms with E-state index in [-0.39, 0.29) is 31.3 Å². The summed E-state index contributed by atoms with van der Waals surface area (Å²) in [4.78, 5) is 50.5. The van der Waals surface area contributed by atoms with Gasteiger partial charge in [-0.15, -0.1) is 0 Å². The molecular weight excluding hydrogens is 614 g/mol. The van der Waals surface area contributed by atoms with E-state index in [4.69, 9.17) is 9.47 Å². The maximum Gasteiger partial charge on any atom is 0.326 e.